The van der Waals surface area contributed by atoms with Crippen molar-refractivity contribution in [2.75, 3.05) is 10.6 Å². The molecule has 2 amide bonds. The van der Waals surface area contributed by atoms with Gasteiger partial charge in [-0.05, 0) is 37.3 Å². The van der Waals surface area contributed by atoms with E-state index in [1.807, 2.05) is 26.8 Å². The molecule has 150 valence electrons. The quantitative estimate of drug-likeness (QED) is 0.712. The average molecular weight is 392 g/mol. The van der Waals surface area contributed by atoms with Crippen LogP contribution in [0.4, 0.5) is 11.4 Å². The Morgan fingerprint density at radius 3 is 2.34 bits per heavy atom. The highest BCUT2D eigenvalue weighted by Gasteiger charge is 2.21. The van der Waals surface area contributed by atoms with Crippen LogP contribution < -0.4 is 16.2 Å². The second kappa shape index (κ2) is 7.87. The number of aromatic nitrogens is 2. The van der Waals surface area contributed by atoms with E-state index >= 15 is 0 Å². The minimum absolute atomic E-state index is 0.120. The third kappa shape index (κ3) is 4.68. The predicted molar refractivity (Wildman–Crippen MR) is 114 cm³/mol. The van der Waals surface area contributed by atoms with E-state index in [1.54, 1.807) is 49.4 Å². The van der Waals surface area contributed by atoms with Crippen molar-refractivity contribution in [3.8, 4) is 0 Å². The Morgan fingerprint density at radius 1 is 1.00 bits per heavy atom. The van der Waals surface area contributed by atoms with Crippen LogP contribution in [0.2, 0.25) is 0 Å². The van der Waals surface area contributed by atoms with Crippen LogP contribution in [0.15, 0.2) is 53.3 Å². The maximum Gasteiger partial charge on any atom is 0.261 e. The zero-order chi connectivity index (χ0) is 21.2. The lowest BCUT2D eigenvalue weighted by Gasteiger charge is -2.18. The summed E-state index contributed by atoms with van der Waals surface area (Å²) in [6, 6.07) is 13.9. The smallest absolute Gasteiger partial charge is 0.261 e. The average Bonchev–Trinajstić information content (AvgIpc) is 2.64. The number of rotatable bonds is 4. The predicted octanol–water partition coefficient (Wildman–Crippen LogP) is 3.33. The number of benzene rings is 2. The van der Waals surface area contributed by atoms with Gasteiger partial charge in [0.2, 0.25) is 11.8 Å². The van der Waals surface area contributed by atoms with Crippen LogP contribution in [0.3, 0.4) is 0 Å². The standard InChI is InChI=1S/C22H24N4O3/c1-14-23-18-11-6-5-10-17(18)20(28)26(14)13-19(27)24-15-8-7-9-16(12-15)25-21(29)22(2,3)4/h5-12H,13H2,1-4H3,(H,24,27)(H,25,29). The third-order valence-electron chi connectivity index (χ3n) is 4.44. The Balaban J connectivity index is 1.77. The number of hydrogen-bond acceptors (Lipinski definition) is 4. The van der Waals surface area contributed by atoms with Crippen molar-refractivity contribution in [3.63, 3.8) is 0 Å². The Bertz CT molecular complexity index is 1140. The number of aryl methyl sites for hydroxylation is 1. The largest absolute Gasteiger partial charge is 0.326 e. The van der Waals surface area contributed by atoms with Crippen LogP contribution >= 0.6 is 0 Å². The van der Waals surface area contributed by atoms with E-state index in [1.165, 1.54) is 4.57 Å². The first-order valence-electron chi connectivity index (χ1n) is 9.33. The molecule has 0 bridgehead atoms. The molecule has 0 spiro atoms. The molecule has 0 unspecified atom stereocenters. The summed E-state index contributed by atoms with van der Waals surface area (Å²) in [6.45, 7) is 7.02. The first-order valence-corrected chi connectivity index (χ1v) is 9.33. The van der Waals surface area contributed by atoms with E-state index in [0.29, 0.717) is 28.1 Å². The summed E-state index contributed by atoms with van der Waals surface area (Å²) in [5.74, 6) is -0.00740. The molecule has 1 aromatic heterocycles. The van der Waals surface area contributed by atoms with Crippen LogP contribution in [0.1, 0.15) is 26.6 Å². The fraction of sp³-hybridized carbons (Fsp3) is 0.273. The maximum atomic E-state index is 12.7. The van der Waals surface area contributed by atoms with Crippen molar-refractivity contribution >= 4 is 34.1 Å². The van der Waals surface area contributed by atoms with E-state index in [2.05, 4.69) is 15.6 Å². The molecule has 3 rings (SSSR count). The minimum atomic E-state index is -0.527. The minimum Gasteiger partial charge on any atom is -0.326 e. The van der Waals surface area contributed by atoms with Crippen LogP contribution in [-0.2, 0) is 16.1 Å². The van der Waals surface area contributed by atoms with Gasteiger partial charge in [0.1, 0.15) is 12.4 Å². The number of nitrogens with zero attached hydrogens (tertiary/aromatic N) is 2. The summed E-state index contributed by atoms with van der Waals surface area (Å²) >= 11 is 0. The van der Waals surface area contributed by atoms with Crippen LogP contribution in [-0.4, -0.2) is 21.4 Å². The molecular formula is C22H24N4O3. The first kappa shape index (κ1) is 20.3. The maximum absolute atomic E-state index is 12.7. The number of nitrogens with one attached hydrogen (secondary N) is 2. The van der Waals surface area contributed by atoms with Gasteiger partial charge in [-0.15, -0.1) is 0 Å². The van der Waals surface area contributed by atoms with Crippen molar-refractivity contribution in [2.45, 2.75) is 34.2 Å². The van der Waals surface area contributed by atoms with Crippen molar-refractivity contribution in [2.24, 2.45) is 5.41 Å². The number of para-hydroxylation sites is 1. The second-order valence-corrected chi connectivity index (χ2v) is 7.90. The van der Waals surface area contributed by atoms with Crippen LogP contribution in [0.25, 0.3) is 10.9 Å². The van der Waals surface area contributed by atoms with Crippen LogP contribution in [0, 0.1) is 12.3 Å². The molecule has 0 aliphatic carbocycles. The molecule has 0 radical (unpaired) electrons. The molecule has 7 heteroatoms. The molecule has 3 aromatic rings. The molecular weight excluding hydrogens is 368 g/mol. The lowest BCUT2D eigenvalue weighted by Crippen LogP contribution is -2.30. The summed E-state index contributed by atoms with van der Waals surface area (Å²) in [5, 5.41) is 6.07. The molecule has 0 saturated heterocycles. The number of anilines is 2. The van der Waals surface area contributed by atoms with Gasteiger partial charge in [-0.1, -0.05) is 39.0 Å². The van der Waals surface area contributed by atoms with Gasteiger partial charge in [0, 0.05) is 16.8 Å². The van der Waals surface area contributed by atoms with Crippen molar-refractivity contribution < 1.29 is 9.59 Å². The normalized spacial score (nSPS) is 11.3. The van der Waals surface area contributed by atoms with Gasteiger partial charge < -0.3 is 10.6 Å². The fourth-order valence-electron chi connectivity index (χ4n) is 2.80. The van der Waals surface area contributed by atoms with Gasteiger partial charge in [-0.25, -0.2) is 4.98 Å². The summed E-state index contributed by atoms with van der Waals surface area (Å²) < 4.78 is 1.35. The molecule has 2 aromatic carbocycles. The Morgan fingerprint density at radius 2 is 1.66 bits per heavy atom. The molecule has 7 nitrogen and oxygen atoms in total. The topological polar surface area (TPSA) is 93.1 Å². The molecule has 0 fully saturated rings. The number of amides is 2. The van der Waals surface area contributed by atoms with Crippen molar-refractivity contribution in [1.29, 1.82) is 0 Å². The van der Waals surface area contributed by atoms with E-state index in [4.69, 9.17) is 0 Å². The number of carbonyl (C=O) groups is 2. The molecule has 1 heterocycles. The number of fused-ring (bicyclic) bond motifs is 1. The Kier molecular flexibility index (Phi) is 5.50. The zero-order valence-electron chi connectivity index (χ0n) is 16.9. The SMILES string of the molecule is Cc1nc2ccccc2c(=O)n1CC(=O)Nc1cccc(NC(=O)C(C)(C)C)c1. The van der Waals surface area contributed by atoms with Gasteiger partial charge in [0.15, 0.2) is 0 Å². The van der Waals surface area contributed by atoms with Gasteiger partial charge >= 0.3 is 0 Å². The van der Waals surface area contributed by atoms with E-state index < -0.39 is 5.41 Å². The second-order valence-electron chi connectivity index (χ2n) is 7.90. The zero-order valence-corrected chi connectivity index (χ0v) is 16.9. The first-order chi connectivity index (χ1) is 13.6. The lowest BCUT2D eigenvalue weighted by molar-refractivity contribution is -0.123. The summed E-state index contributed by atoms with van der Waals surface area (Å²) in [6.07, 6.45) is 0. The van der Waals surface area contributed by atoms with Gasteiger partial charge in [0.25, 0.3) is 5.56 Å². The lowest BCUT2D eigenvalue weighted by atomic mass is 9.95. The number of carbonyl (C=O) groups excluding carboxylic acids is 2. The fourth-order valence-corrected chi connectivity index (χ4v) is 2.80. The number of hydrogen-bond donors (Lipinski definition) is 2. The molecule has 0 saturated carbocycles. The highest BCUT2D eigenvalue weighted by Crippen LogP contribution is 2.20. The summed E-state index contributed by atoms with van der Waals surface area (Å²) in [4.78, 5) is 41.8. The van der Waals surface area contributed by atoms with Gasteiger partial charge in [-0.2, -0.15) is 0 Å². The highest BCUT2D eigenvalue weighted by atomic mass is 16.2. The van der Waals surface area contributed by atoms with Crippen molar-refractivity contribution in [3.05, 3.63) is 64.7 Å². The monoisotopic (exact) mass is 392 g/mol. The Hall–Kier alpha value is -3.48. The summed E-state index contributed by atoms with van der Waals surface area (Å²) in [5.41, 5.74) is 0.939. The van der Waals surface area contributed by atoms with E-state index in [9.17, 15) is 14.4 Å². The Labute approximate surface area is 168 Å². The summed E-state index contributed by atoms with van der Waals surface area (Å²) in [7, 11) is 0. The molecule has 2 N–H and O–H groups in total. The molecule has 0 atom stereocenters. The third-order valence-corrected chi connectivity index (χ3v) is 4.44. The van der Waals surface area contributed by atoms with Crippen LogP contribution in [0.5, 0.6) is 0 Å². The molecule has 29 heavy (non-hydrogen) atoms. The van der Waals surface area contributed by atoms with Crippen molar-refractivity contribution in [1.82, 2.24) is 9.55 Å². The molecule has 0 aliphatic rings. The van der Waals surface area contributed by atoms with E-state index in [-0.39, 0.29) is 23.9 Å². The highest BCUT2D eigenvalue weighted by molar-refractivity contribution is 5.96. The van der Waals surface area contributed by atoms with Gasteiger partial charge in [0.05, 0.1) is 10.9 Å². The molecule has 0 aliphatic heterocycles. The van der Waals surface area contributed by atoms with Gasteiger partial charge in [-0.3, -0.25) is 19.0 Å². The van der Waals surface area contributed by atoms with E-state index in [0.717, 1.165) is 0 Å².